The normalized spacial score (nSPS) is 14.8. The Bertz CT molecular complexity index is 392. The Morgan fingerprint density at radius 2 is 1.89 bits per heavy atom. The number of hydrogen-bond donors (Lipinski definition) is 0. The molecular weight excluding hydrogens is 240 g/mol. The first-order chi connectivity index (χ1) is 9.42. The van der Waals surface area contributed by atoms with Gasteiger partial charge in [0.1, 0.15) is 5.84 Å². The van der Waals surface area contributed by atoms with Crippen molar-refractivity contribution in [3.05, 3.63) is 35.9 Å². The predicted octanol–water partition coefficient (Wildman–Crippen LogP) is 1.80. The van der Waals surface area contributed by atoms with E-state index in [1.807, 2.05) is 25.1 Å². The minimum atomic E-state index is 0.666. The molecule has 1 aliphatic heterocycles. The van der Waals surface area contributed by atoms with Crippen molar-refractivity contribution < 1.29 is 9.47 Å². The van der Waals surface area contributed by atoms with Crippen molar-refractivity contribution >= 4 is 5.84 Å². The zero-order valence-corrected chi connectivity index (χ0v) is 11.5. The Kier molecular flexibility index (Phi) is 5.85. The van der Waals surface area contributed by atoms with Gasteiger partial charge >= 0.3 is 0 Å². The van der Waals surface area contributed by atoms with Gasteiger partial charge in [-0.25, -0.2) is 0 Å². The fraction of sp³-hybridized carbons (Fsp3) is 0.533. The van der Waals surface area contributed by atoms with Crippen molar-refractivity contribution in [3.63, 3.8) is 0 Å². The molecule has 4 nitrogen and oxygen atoms in total. The second kappa shape index (κ2) is 7.92. The van der Waals surface area contributed by atoms with Crippen LogP contribution in [0.1, 0.15) is 12.5 Å². The lowest BCUT2D eigenvalue weighted by Crippen LogP contribution is -2.32. The second-order valence-electron chi connectivity index (χ2n) is 4.37. The van der Waals surface area contributed by atoms with Gasteiger partial charge in [0.25, 0.3) is 0 Å². The topological polar surface area (TPSA) is 34.1 Å². The molecule has 0 radical (unpaired) electrons. The molecule has 0 bridgehead atoms. The quantitative estimate of drug-likeness (QED) is 0.670. The molecule has 0 aliphatic carbocycles. The molecule has 1 heterocycles. The molecule has 0 fully saturated rings. The average Bonchev–Trinajstić information content (AvgIpc) is 2.92. The van der Waals surface area contributed by atoms with E-state index in [2.05, 4.69) is 22.0 Å². The highest BCUT2D eigenvalue weighted by atomic mass is 16.5. The summed E-state index contributed by atoms with van der Waals surface area (Å²) in [6.45, 7) is 7.56. The maximum absolute atomic E-state index is 5.56. The first kappa shape index (κ1) is 14.0. The van der Waals surface area contributed by atoms with Crippen LogP contribution in [0.2, 0.25) is 0 Å². The molecule has 0 saturated heterocycles. The summed E-state index contributed by atoms with van der Waals surface area (Å²) in [5.41, 5.74) is 1.19. The lowest BCUT2D eigenvalue weighted by molar-refractivity contribution is 0.0491. The van der Waals surface area contributed by atoms with E-state index in [0.717, 1.165) is 38.7 Å². The lowest BCUT2D eigenvalue weighted by Gasteiger charge is -2.20. The van der Waals surface area contributed by atoms with E-state index in [-0.39, 0.29) is 0 Å². The molecule has 0 unspecified atom stereocenters. The summed E-state index contributed by atoms with van der Waals surface area (Å²) in [6, 6.07) is 10.3. The third-order valence-corrected chi connectivity index (χ3v) is 3.04. The number of amidine groups is 1. The van der Waals surface area contributed by atoms with Crippen molar-refractivity contribution in [2.75, 3.05) is 46.1 Å². The summed E-state index contributed by atoms with van der Waals surface area (Å²) in [5.74, 6) is 1.09. The maximum Gasteiger partial charge on any atom is 0.131 e. The van der Waals surface area contributed by atoms with Crippen LogP contribution in [-0.4, -0.2) is 56.8 Å². The molecule has 4 heteroatoms. The molecule has 0 amide bonds. The fourth-order valence-corrected chi connectivity index (χ4v) is 2.10. The average molecular weight is 262 g/mol. The molecular formula is C15H22N2O2. The van der Waals surface area contributed by atoms with Gasteiger partial charge in [0.2, 0.25) is 0 Å². The lowest BCUT2D eigenvalue weighted by atomic mass is 10.2. The van der Waals surface area contributed by atoms with Crippen molar-refractivity contribution in [1.29, 1.82) is 0 Å². The second-order valence-corrected chi connectivity index (χ2v) is 4.37. The van der Waals surface area contributed by atoms with E-state index in [1.54, 1.807) is 0 Å². The van der Waals surface area contributed by atoms with E-state index >= 15 is 0 Å². The SMILES string of the molecule is CCOCCOCCN1CCN=C1c1ccccc1. The molecule has 1 aliphatic rings. The van der Waals surface area contributed by atoms with Gasteiger partial charge in [-0.2, -0.15) is 0 Å². The number of ether oxygens (including phenoxy) is 2. The highest BCUT2D eigenvalue weighted by Gasteiger charge is 2.17. The molecule has 104 valence electrons. The summed E-state index contributed by atoms with van der Waals surface area (Å²) in [4.78, 5) is 6.87. The van der Waals surface area contributed by atoms with Crippen LogP contribution in [0.25, 0.3) is 0 Å². The highest BCUT2D eigenvalue weighted by molar-refractivity contribution is 5.99. The van der Waals surface area contributed by atoms with Gasteiger partial charge in [-0.15, -0.1) is 0 Å². The van der Waals surface area contributed by atoms with E-state index in [1.165, 1.54) is 5.56 Å². The number of aliphatic imine (C=N–C) groups is 1. The van der Waals surface area contributed by atoms with E-state index in [4.69, 9.17) is 9.47 Å². The van der Waals surface area contributed by atoms with Crippen LogP contribution in [0.15, 0.2) is 35.3 Å². The van der Waals surface area contributed by atoms with Gasteiger partial charge in [0.05, 0.1) is 26.4 Å². The molecule has 2 rings (SSSR count). The smallest absolute Gasteiger partial charge is 0.131 e. The number of rotatable bonds is 8. The van der Waals surface area contributed by atoms with Crippen LogP contribution in [0.4, 0.5) is 0 Å². The van der Waals surface area contributed by atoms with Crippen LogP contribution in [-0.2, 0) is 9.47 Å². The monoisotopic (exact) mass is 262 g/mol. The Morgan fingerprint density at radius 1 is 1.11 bits per heavy atom. The summed E-state index contributed by atoms with van der Waals surface area (Å²) >= 11 is 0. The van der Waals surface area contributed by atoms with E-state index < -0.39 is 0 Å². The van der Waals surface area contributed by atoms with Gasteiger partial charge in [-0.3, -0.25) is 4.99 Å². The highest BCUT2D eigenvalue weighted by Crippen LogP contribution is 2.10. The van der Waals surface area contributed by atoms with Gasteiger partial charge < -0.3 is 14.4 Å². The van der Waals surface area contributed by atoms with E-state index in [9.17, 15) is 0 Å². The van der Waals surface area contributed by atoms with Gasteiger partial charge in [0.15, 0.2) is 0 Å². The number of nitrogens with zero attached hydrogens (tertiary/aromatic N) is 2. The molecule has 0 spiro atoms. The van der Waals surface area contributed by atoms with Crippen molar-refractivity contribution in [2.24, 2.45) is 4.99 Å². The summed E-state index contributed by atoms with van der Waals surface area (Å²) in [5, 5.41) is 0. The molecule has 1 aromatic rings. The van der Waals surface area contributed by atoms with Crippen molar-refractivity contribution in [1.82, 2.24) is 4.90 Å². The minimum Gasteiger partial charge on any atom is -0.379 e. The number of benzene rings is 1. The van der Waals surface area contributed by atoms with Gasteiger partial charge in [-0.1, -0.05) is 30.3 Å². The van der Waals surface area contributed by atoms with Crippen LogP contribution in [0.3, 0.4) is 0 Å². The third-order valence-electron chi connectivity index (χ3n) is 3.04. The first-order valence-corrected chi connectivity index (χ1v) is 6.92. The van der Waals surface area contributed by atoms with Crippen LogP contribution in [0.5, 0.6) is 0 Å². The molecule has 1 aromatic carbocycles. The van der Waals surface area contributed by atoms with Gasteiger partial charge in [-0.05, 0) is 6.92 Å². The summed E-state index contributed by atoms with van der Waals surface area (Å²) in [7, 11) is 0. The Balaban J connectivity index is 1.74. The standard InChI is InChI=1S/C15H22N2O2/c1-2-18-12-13-19-11-10-17-9-8-16-15(17)14-6-4-3-5-7-14/h3-7H,2,8-13H2,1H3. The molecule has 19 heavy (non-hydrogen) atoms. The van der Waals surface area contributed by atoms with Crippen molar-refractivity contribution in [2.45, 2.75) is 6.92 Å². The van der Waals surface area contributed by atoms with E-state index in [0.29, 0.717) is 13.2 Å². The Labute approximate surface area is 115 Å². The zero-order valence-electron chi connectivity index (χ0n) is 11.5. The summed E-state index contributed by atoms with van der Waals surface area (Å²) < 4.78 is 10.8. The van der Waals surface area contributed by atoms with Crippen molar-refractivity contribution in [3.8, 4) is 0 Å². The summed E-state index contributed by atoms with van der Waals surface area (Å²) in [6.07, 6.45) is 0. The molecule has 0 atom stereocenters. The zero-order chi connectivity index (χ0) is 13.3. The van der Waals surface area contributed by atoms with Crippen LogP contribution in [0, 0.1) is 0 Å². The molecule has 0 N–H and O–H groups in total. The van der Waals surface area contributed by atoms with Crippen LogP contribution < -0.4 is 0 Å². The number of hydrogen-bond acceptors (Lipinski definition) is 4. The Hall–Kier alpha value is -1.39. The van der Waals surface area contributed by atoms with Crippen LogP contribution >= 0.6 is 0 Å². The molecule has 0 saturated carbocycles. The Morgan fingerprint density at radius 3 is 2.68 bits per heavy atom. The largest absolute Gasteiger partial charge is 0.379 e. The van der Waals surface area contributed by atoms with Gasteiger partial charge in [0, 0.05) is 25.3 Å². The third kappa shape index (κ3) is 4.33. The first-order valence-electron chi connectivity index (χ1n) is 6.92. The molecule has 0 aromatic heterocycles. The fourth-order valence-electron chi connectivity index (χ4n) is 2.10. The predicted molar refractivity (Wildman–Crippen MR) is 76.7 cm³/mol. The maximum atomic E-state index is 5.56. The minimum absolute atomic E-state index is 0.666.